The molecule has 0 bridgehead atoms. The van der Waals surface area contributed by atoms with Crippen molar-refractivity contribution in [1.29, 1.82) is 0 Å². The van der Waals surface area contributed by atoms with Gasteiger partial charge in [0.2, 0.25) is 0 Å². The highest BCUT2D eigenvalue weighted by Crippen LogP contribution is 2.35. The molecule has 18 heavy (non-hydrogen) atoms. The van der Waals surface area contributed by atoms with E-state index in [9.17, 15) is 0 Å². The molecule has 2 fully saturated rings. The quantitative estimate of drug-likeness (QED) is 0.812. The van der Waals surface area contributed by atoms with Gasteiger partial charge in [-0.05, 0) is 58.2 Å². The van der Waals surface area contributed by atoms with E-state index in [0.717, 1.165) is 18.5 Å². The SMILES string of the molecule is CC(C)CCN(C)C1(CN)CCN2CCCC2C1. The molecule has 2 N–H and O–H groups in total. The van der Waals surface area contributed by atoms with E-state index >= 15 is 0 Å². The molecule has 2 saturated heterocycles. The fraction of sp³-hybridized carbons (Fsp3) is 1.00. The molecule has 0 aliphatic carbocycles. The largest absolute Gasteiger partial charge is 0.329 e. The normalized spacial score (nSPS) is 33.3. The van der Waals surface area contributed by atoms with E-state index in [1.165, 1.54) is 51.7 Å². The van der Waals surface area contributed by atoms with E-state index in [0.29, 0.717) is 0 Å². The second-order valence-electron chi connectivity index (χ2n) is 6.82. The lowest BCUT2D eigenvalue weighted by Crippen LogP contribution is -2.60. The molecule has 2 atom stereocenters. The number of rotatable bonds is 5. The Morgan fingerprint density at radius 1 is 1.39 bits per heavy atom. The monoisotopic (exact) mass is 253 g/mol. The number of nitrogens with two attached hydrogens (primary N) is 1. The van der Waals surface area contributed by atoms with E-state index < -0.39 is 0 Å². The van der Waals surface area contributed by atoms with E-state index in [-0.39, 0.29) is 5.54 Å². The molecule has 0 aromatic carbocycles. The number of likely N-dealkylation sites (N-methyl/N-ethyl adjacent to an activating group) is 1. The number of hydrogen-bond donors (Lipinski definition) is 1. The number of hydrogen-bond acceptors (Lipinski definition) is 3. The van der Waals surface area contributed by atoms with Crippen LogP contribution in [0.1, 0.15) is 46.0 Å². The van der Waals surface area contributed by atoms with E-state index in [1.54, 1.807) is 0 Å². The van der Waals surface area contributed by atoms with Gasteiger partial charge in [0.1, 0.15) is 0 Å². The van der Waals surface area contributed by atoms with Crippen molar-refractivity contribution >= 4 is 0 Å². The van der Waals surface area contributed by atoms with Gasteiger partial charge in [0.25, 0.3) is 0 Å². The topological polar surface area (TPSA) is 32.5 Å². The van der Waals surface area contributed by atoms with Crippen LogP contribution in [0, 0.1) is 5.92 Å². The maximum Gasteiger partial charge on any atom is 0.0355 e. The Morgan fingerprint density at radius 3 is 2.83 bits per heavy atom. The Kier molecular flexibility index (Phi) is 4.68. The van der Waals surface area contributed by atoms with Crippen LogP contribution < -0.4 is 5.73 Å². The zero-order chi connectivity index (χ0) is 13.2. The highest BCUT2D eigenvalue weighted by atomic mass is 15.3. The summed E-state index contributed by atoms with van der Waals surface area (Å²) in [7, 11) is 2.29. The maximum atomic E-state index is 6.17. The van der Waals surface area contributed by atoms with Gasteiger partial charge in [0.15, 0.2) is 0 Å². The smallest absolute Gasteiger partial charge is 0.0355 e. The van der Waals surface area contributed by atoms with Crippen LogP contribution in [0.2, 0.25) is 0 Å². The molecule has 0 aromatic heterocycles. The molecule has 2 rings (SSSR count). The molecule has 3 heteroatoms. The van der Waals surface area contributed by atoms with Crippen molar-refractivity contribution in [3.8, 4) is 0 Å². The van der Waals surface area contributed by atoms with Gasteiger partial charge in [-0.3, -0.25) is 4.90 Å². The summed E-state index contributed by atoms with van der Waals surface area (Å²) in [5.74, 6) is 0.786. The Balaban J connectivity index is 1.97. The number of fused-ring (bicyclic) bond motifs is 1. The van der Waals surface area contributed by atoms with Gasteiger partial charge in [-0.25, -0.2) is 0 Å². The van der Waals surface area contributed by atoms with Crippen LogP contribution in [-0.2, 0) is 0 Å². The number of nitrogens with zero attached hydrogens (tertiary/aromatic N) is 2. The van der Waals surface area contributed by atoms with Gasteiger partial charge in [0.05, 0.1) is 0 Å². The van der Waals surface area contributed by atoms with Crippen LogP contribution in [-0.4, -0.2) is 54.6 Å². The minimum Gasteiger partial charge on any atom is -0.329 e. The summed E-state index contributed by atoms with van der Waals surface area (Å²) in [5, 5.41) is 0. The molecule has 2 unspecified atom stereocenters. The van der Waals surface area contributed by atoms with Crippen LogP contribution >= 0.6 is 0 Å². The Morgan fingerprint density at radius 2 is 2.17 bits per heavy atom. The summed E-state index contributed by atoms with van der Waals surface area (Å²) in [5.41, 5.74) is 6.45. The molecule has 0 amide bonds. The highest BCUT2D eigenvalue weighted by molar-refractivity contribution is 5.01. The summed E-state index contributed by atoms with van der Waals surface area (Å²) in [6.45, 7) is 9.22. The summed E-state index contributed by atoms with van der Waals surface area (Å²) in [4.78, 5) is 5.26. The predicted octanol–water partition coefficient (Wildman–Crippen LogP) is 1.92. The Labute approximate surface area is 113 Å². The Bertz CT molecular complexity index is 266. The van der Waals surface area contributed by atoms with Crippen molar-refractivity contribution < 1.29 is 0 Å². The van der Waals surface area contributed by atoms with E-state index in [4.69, 9.17) is 5.73 Å². The van der Waals surface area contributed by atoms with Gasteiger partial charge < -0.3 is 10.6 Å². The number of piperidine rings is 1. The van der Waals surface area contributed by atoms with Gasteiger partial charge in [-0.2, -0.15) is 0 Å². The van der Waals surface area contributed by atoms with Crippen molar-refractivity contribution in [1.82, 2.24) is 9.80 Å². The predicted molar refractivity (Wildman–Crippen MR) is 77.7 cm³/mol. The van der Waals surface area contributed by atoms with E-state index in [2.05, 4.69) is 30.7 Å². The lowest BCUT2D eigenvalue weighted by molar-refractivity contribution is 0.0245. The first-order valence-corrected chi connectivity index (χ1v) is 7.73. The third-order valence-electron chi connectivity index (χ3n) is 5.21. The molecular formula is C15H31N3. The lowest BCUT2D eigenvalue weighted by Gasteiger charge is -2.49. The fourth-order valence-corrected chi connectivity index (χ4v) is 3.69. The highest BCUT2D eigenvalue weighted by Gasteiger charge is 2.42. The maximum absolute atomic E-state index is 6.17. The molecular weight excluding hydrogens is 222 g/mol. The molecule has 0 saturated carbocycles. The van der Waals surface area contributed by atoms with Crippen LogP contribution in [0.5, 0.6) is 0 Å². The minimum atomic E-state index is 0.278. The summed E-state index contributed by atoms with van der Waals surface area (Å²) in [6.07, 6.45) is 6.61. The molecule has 2 aliphatic rings. The van der Waals surface area contributed by atoms with Gasteiger partial charge in [0, 0.05) is 24.7 Å². The molecule has 0 spiro atoms. The molecule has 2 aliphatic heterocycles. The first-order chi connectivity index (χ1) is 8.57. The van der Waals surface area contributed by atoms with Crippen LogP contribution in [0.25, 0.3) is 0 Å². The zero-order valence-electron chi connectivity index (χ0n) is 12.5. The van der Waals surface area contributed by atoms with E-state index in [1.807, 2.05) is 0 Å². The van der Waals surface area contributed by atoms with Crippen LogP contribution in [0.15, 0.2) is 0 Å². The summed E-state index contributed by atoms with van der Waals surface area (Å²) < 4.78 is 0. The average molecular weight is 253 g/mol. The third kappa shape index (κ3) is 2.89. The molecule has 0 aromatic rings. The van der Waals surface area contributed by atoms with Crippen LogP contribution in [0.3, 0.4) is 0 Å². The lowest BCUT2D eigenvalue weighted by atomic mass is 9.81. The van der Waals surface area contributed by atoms with Crippen molar-refractivity contribution in [2.24, 2.45) is 11.7 Å². The van der Waals surface area contributed by atoms with Crippen LogP contribution in [0.4, 0.5) is 0 Å². The second-order valence-corrected chi connectivity index (χ2v) is 6.82. The summed E-state index contributed by atoms with van der Waals surface area (Å²) in [6, 6.07) is 0.809. The molecule has 3 nitrogen and oxygen atoms in total. The first-order valence-electron chi connectivity index (χ1n) is 7.73. The van der Waals surface area contributed by atoms with Crippen molar-refractivity contribution in [3.63, 3.8) is 0 Å². The Hall–Kier alpha value is -0.120. The van der Waals surface area contributed by atoms with Crippen molar-refractivity contribution in [3.05, 3.63) is 0 Å². The van der Waals surface area contributed by atoms with Crippen molar-refractivity contribution in [2.45, 2.75) is 57.5 Å². The minimum absolute atomic E-state index is 0.278. The summed E-state index contributed by atoms with van der Waals surface area (Å²) >= 11 is 0. The fourth-order valence-electron chi connectivity index (χ4n) is 3.69. The van der Waals surface area contributed by atoms with Gasteiger partial charge in [-0.15, -0.1) is 0 Å². The molecule has 0 radical (unpaired) electrons. The molecule has 2 heterocycles. The van der Waals surface area contributed by atoms with Crippen molar-refractivity contribution in [2.75, 3.05) is 33.2 Å². The van der Waals surface area contributed by atoms with Gasteiger partial charge in [-0.1, -0.05) is 13.8 Å². The molecule has 106 valence electrons. The first kappa shape index (κ1) is 14.3. The standard InChI is InChI=1S/C15H31N3/c1-13(2)6-9-17(3)15(12-16)7-10-18-8-4-5-14(18)11-15/h13-14H,4-12,16H2,1-3H3. The third-order valence-corrected chi connectivity index (χ3v) is 5.21. The average Bonchev–Trinajstić information content (AvgIpc) is 2.82. The zero-order valence-corrected chi connectivity index (χ0v) is 12.5. The second kappa shape index (κ2) is 5.89. The van der Waals surface area contributed by atoms with Gasteiger partial charge >= 0.3 is 0 Å².